The molecule has 0 amide bonds. The predicted octanol–water partition coefficient (Wildman–Crippen LogP) is 4.27. The van der Waals surface area contributed by atoms with Crippen LogP contribution in [0.4, 0.5) is 5.82 Å². The Kier molecular flexibility index (Phi) is 5.19. The molecule has 9 heteroatoms. The van der Waals surface area contributed by atoms with Gasteiger partial charge in [0.2, 0.25) is 0 Å². The van der Waals surface area contributed by atoms with E-state index in [0.717, 1.165) is 59.5 Å². The highest BCUT2D eigenvalue weighted by Gasteiger charge is 2.32. The summed E-state index contributed by atoms with van der Waals surface area (Å²) in [6.07, 6.45) is 5.21. The van der Waals surface area contributed by atoms with Crippen LogP contribution in [0.5, 0.6) is 0 Å². The van der Waals surface area contributed by atoms with Gasteiger partial charge in [0.05, 0.1) is 22.8 Å². The topological polar surface area (TPSA) is 65.3 Å². The summed E-state index contributed by atoms with van der Waals surface area (Å²) in [5, 5.41) is 6.13. The van der Waals surface area contributed by atoms with Crippen LogP contribution in [0.3, 0.4) is 0 Å². The molecule has 29 heavy (non-hydrogen) atoms. The lowest BCUT2D eigenvalue weighted by atomic mass is 10.1. The minimum Gasteiger partial charge on any atom is -0.353 e. The fraction of sp³-hybridized carbons (Fsp3) is 0.450. The Morgan fingerprint density at radius 2 is 2.00 bits per heavy atom. The van der Waals surface area contributed by atoms with Gasteiger partial charge < -0.3 is 14.4 Å². The molecule has 2 fully saturated rings. The third-order valence-electron chi connectivity index (χ3n) is 5.29. The monoisotopic (exact) mass is 477 g/mol. The van der Waals surface area contributed by atoms with E-state index >= 15 is 0 Å². The first kappa shape index (κ1) is 19.2. The predicted molar refractivity (Wildman–Crippen MR) is 115 cm³/mol. The Morgan fingerprint density at radius 1 is 1.17 bits per heavy atom. The SMILES string of the molecule is Cc1nc(N2CC(OC3CCCCO3)C2)cc(-n2ncc3cc(Cl)c(Br)cc32)n1. The number of aromatic nitrogens is 4. The van der Waals surface area contributed by atoms with E-state index < -0.39 is 0 Å². The molecule has 3 aromatic rings. The number of ether oxygens (including phenoxy) is 2. The van der Waals surface area contributed by atoms with Crippen LogP contribution in [-0.4, -0.2) is 51.8 Å². The van der Waals surface area contributed by atoms with E-state index in [1.54, 1.807) is 6.20 Å². The lowest BCUT2D eigenvalue weighted by Crippen LogP contribution is -2.54. The minimum absolute atomic E-state index is 0.0562. The average Bonchev–Trinajstić information content (AvgIpc) is 3.07. The van der Waals surface area contributed by atoms with Crippen molar-refractivity contribution >= 4 is 44.3 Å². The molecular weight excluding hydrogens is 458 g/mol. The van der Waals surface area contributed by atoms with Gasteiger partial charge in [-0.1, -0.05) is 11.6 Å². The summed E-state index contributed by atoms with van der Waals surface area (Å²) in [5.74, 6) is 2.32. The maximum Gasteiger partial charge on any atom is 0.159 e. The van der Waals surface area contributed by atoms with Crippen LogP contribution < -0.4 is 4.90 Å². The second-order valence-corrected chi connectivity index (χ2v) is 8.73. The highest BCUT2D eigenvalue weighted by atomic mass is 79.9. The van der Waals surface area contributed by atoms with Crippen molar-refractivity contribution in [2.45, 2.75) is 38.6 Å². The summed E-state index contributed by atoms with van der Waals surface area (Å²) in [6.45, 7) is 4.30. The lowest BCUT2D eigenvalue weighted by Gasteiger charge is -2.41. The third-order valence-corrected chi connectivity index (χ3v) is 6.49. The first-order valence-corrected chi connectivity index (χ1v) is 10.9. The Morgan fingerprint density at radius 3 is 2.79 bits per heavy atom. The maximum absolute atomic E-state index is 6.21. The van der Waals surface area contributed by atoms with Gasteiger partial charge >= 0.3 is 0 Å². The van der Waals surface area contributed by atoms with Gasteiger partial charge in [-0.05, 0) is 54.2 Å². The van der Waals surface area contributed by atoms with Crippen LogP contribution >= 0.6 is 27.5 Å². The molecule has 1 aromatic carbocycles. The van der Waals surface area contributed by atoms with Crippen molar-refractivity contribution in [3.63, 3.8) is 0 Å². The van der Waals surface area contributed by atoms with E-state index in [0.29, 0.717) is 10.8 Å². The van der Waals surface area contributed by atoms with Crippen molar-refractivity contribution in [1.29, 1.82) is 0 Å². The molecule has 0 aliphatic carbocycles. The molecule has 1 unspecified atom stereocenters. The van der Waals surface area contributed by atoms with Gasteiger partial charge in [0.25, 0.3) is 0 Å². The summed E-state index contributed by atoms with van der Waals surface area (Å²) in [6, 6.07) is 5.82. The van der Waals surface area contributed by atoms with E-state index in [1.165, 1.54) is 6.42 Å². The molecule has 1 atom stereocenters. The van der Waals surface area contributed by atoms with E-state index in [9.17, 15) is 0 Å². The molecule has 152 valence electrons. The molecule has 5 rings (SSSR count). The first-order valence-electron chi connectivity index (χ1n) is 9.78. The van der Waals surface area contributed by atoms with Gasteiger partial charge in [0, 0.05) is 35.6 Å². The second-order valence-electron chi connectivity index (χ2n) is 7.47. The van der Waals surface area contributed by atoms with Crippen molar-refractivity contribution in [2.24, 2.45) is 0 Å². The number of benzene rings is 1. The van der Waals surface area contributed by atoms with Crippen molar-refractivity contribution in [1.82, 2.24) is 19.7 Å². The Bertz CT molecular complexity index is 1050. The largest absolute Gasteiger partial charge is 0.353 e. The van der Waals surface area contributed by atoms with E-state index in [-0.39, 0.29) is 12.4 Å². The summed E-state index contributed by atoms with van der Waals surface area (Å²) in [5.41, 5.74) is 0.935. The third kappa shape index (κ3) is 3.86. The molecule has 2 saturated heterocycles. The summed E-state index contributed by atoms with van der Waals surface area (Å²) in [7, 11) is 0. The zero-order valence-electron chi connectivity index (χ0n) is 16.0. The standard InChI is InChI=1S/C20H21BrClN5O2/c1-12-24-18(26-10-14(11-26)29-20-4-2-3-5-28-20)8-19(25-12)27-17-7-15(21)16(22)6-13(17)9-23-27/h6-9,14,20H,2-5,10-11H2,1H3. The van der Waals surface area contributed by atoms with E-state index in [2.05, 4.69) is 35.9 Å². The summed E-state index contributed by atoms with van der Waals surface area (Å²) in [4.78, 5) is 11.4. The second kappa shape index (κ2) is 7.83. The molecule has 0 spiro atoms. The number of rotatable bonds is 4. The van der Waals surface area contributed by atoms with Crippen LogP contribution in [0, 0.1) is 6.92 Å². The Labute approximate surface area is 182 Å². The molecule has 0 N–H and O–H groups in total. The van der Waals surface area contributed by atoms with Crippen LogP contribution in [-0.2, 0) is 9.47 Å². The molecule has 0 bridgehead atoms. The zero-order chi connectivity index (χ0) is 20.0. The average molecular weight is 479 g/mol. The van der Waals surface area contributed by atoms with Crippen LogP contribution in [0.2, 0.25) is 5.02 Å². The van der Waals surface area contributed by atoms with Crippen molar-refractivity contribution < 1.29 is 9.47 Å². The first-order chi connectivity index (χ1) is 14.1. The molecule has 0 saturated carbocycles. The van der Waals surface area contributed by atoms with Crippen LogP contribution in [0.15, 0.2) is 28.9 Å². The van der Waals surface area contributed by atoms with Gasteiger partial charge in [-0.15, -0.1) is 0 Å². The highest BCUT2D eigenvalue weighted by Crippen LogP contribution is 2.30. The fourth-order valence-corrected chi connectivity index (χ4v) is 4.26. The van der Waals surface area contributed by atoms with Gasteiger partial charge in [-0.25, -0.2) is 14.6 Å². The van der Waals surface area contributed by atoms with E-state index in [1.807, 2.05) is 29.8 Å². The van der Waals surface area contributed by atoms with E-state index in [4.69, 9.17) is 21.1 Å². The molecule has 2 aliphatic heterocycles. The van der Waals surface area contributed by atoms with Gasteiger partial charge in [-0.2, -0.15) is 5.10 Å². The Hall–Kier alpha value is -1.74. The normalized spacial score (nSPS) is 20.2. The zero-order valence-corrected chi connectivity index (χ0v) is 18.4. The molecule has 7 nitrogen and oxygen atoms in total. The smallest absolute Gasteiger partial charge is 0.159 e. The lowest BCUT2D eigenvalue weighted by molar-refractivity contribution is -0.191. The van der Waals surface area contributed by atoms with Crippen LogP contribution in [0.1, 0.15) is 25.1 Å². The summed E-state index contributed by atoms with van der Waals surface area (Å²) < 4.78 is 14.4. The van der Waals surface area contributed by atoms with Crippen LogP contribution in [0.25, 0.3) is 16.7 Å². The highest BCUT2D eigenvalue weighted by molar-refractivity contribution is 9.10. The van der Waals surface area contributed by atoms with Gasteiger partial charge in [0.15, 0.2) is 12.1 Å². The number of anilines is 1. The Balaban J connectivity index is 1.36. The number of hydrogen-bond donors (Lipinski definition) is 0. The maximum atomic E-state index is 6.21. The fourth-order valence-electron chi connectivity index (χ4n) is 3.75. The van der Waals surface area contributed by atoms with Crippen molar-refractivity contribution in [2.75, 3.05) is 24.6 Å². The molecule has 0 radical (unpaired) electrons. The molecular formula is C20H21BrClN5O2. The van der Waals surface area contributed by atoms with Gasteiger partial charge in [-0.3, -0.25) is 0 Å². The summed E-state index contributed by atoms with van der Waals surface area (Å²) >= 11 is 9.70. The molecule has 2 aromatic heterocycles. The number of nitrogens with zero attached hydrogens (tertiary/aromatic N) is 5. The van der Waals surface area contributed by atoms with Gasteiger partial charge in [0.1, 0.15) is 11.6 Å². The van der Waals surface area contributed by atoms with Crippen molar-refractivity contribution in [3.8, 4) is 5.82 Å². The quantitative estimate of drug-likeness (QED) is 0.558. The number of aryl methyl sites for hydroxylation is 1. The molecule has 2 aliphatic rings. The number of hydrogen-bond acceptors (Lipinski definition) is 6. The van der Waals surface area contributed by atoms with Crippen molar-refractivity contribution in [3.05, 3.63) is 39.7 Å². The number of fused-ring (bicyclic) bond motifs is 1. The minimum atomic E-state index is -0.0562. The number of halogens is 2. The molecule has 4 heterocycles.